The van der Waals surface area contributed by atoms with Gasteiger partial charge < -0.3 is 9.73 Å². The number of nitriles is 1. The second-order valence-corrected chi connectivity index (χ2v) is 4.92. The van der Waals surface area contributed by atoms with E-state index in [0.29, 0.717) is 17.4 Å². The van der Waals surface area contributed by atoms with E-state index < -0.39 is 5.91 Å². The number of carbonyl (C=O) groups excluding carboxylic acids is 1. The van der Waals surface area contributed by atoms with Crippen LogP contribution in [0.25, 0.3) is 6.08 Å². The first-order chi connectivity index (χ1) is 10.1. The summed E-state index contributed by atoms with van der Waals surface area (Å²) in [6.45, 7) is 4.21. The molecule has 0 fully saturated rings. The monoisotopic (exact) mass is 280 g/mol. The molecule has 4 nitrogen and oxygen atoms in total. The van der Waals surface area contributed by atoms with Gasteiger partial charge in [-0.2, -0.15) is 5.26 Å². The number of benzene rings is 1. The number of amides is 1. The number of nitrogens with one attached hydrogen (secondary N) is 1. The Morgan fingerprint density at radius 1 is 1.29 bits per heavy atom. The molecule has 0 spiro atoms. The molecule has 0 aliphatic carbocycles. The minimum atomic E-state index is -0.453. The van der Waals surface area contributed by atoms with E-state index in [9.17, 15) is 4.79 Å². The van der Waals surface area contributed by atoms with Crippen LogP contribution in [0.2, 0.25) is 0 Å². The smallest absolute Gasteiger partial charge is 0.266 e. The number of furan rings is 1. The number of hydrogen-bond acceptors (Lipinski definition) is 3. The number of carbonyl (C=O) groups is 1. The second kappa shape index (κ2) is 6.58. The van der Waals surface area contributed by atoms with E-state index in [1.54, 1.807) is 12.1 Å². The molecular weight excluding hydrogens is 264 g/mol. The van der Waals surface area contributed by atoms with Crippen LogP contribution in [-0.2, 0) is 4.79 Å². The summed E-state index contributed by atoms with van der Waals surface area (Å²) in [5, 5.41) is 11.8. The first-order valence-electron chi connectivity index (χ1n) is 6.66. The van der Waals surface area contributed by atoms with Crippen molar-refractivity contribution in [2.45, 2.75) is 19.8 Å². The van der Waals surface area contributed by atoms with E-state index in [1.807, 2.05) is 30.3 Å². The largest absolute Gasteiger partial charge is 0.465 e. The van der Waals surface area contributed by atoms with Crippen LogP contribution in [0.15, 0.2) is 52.7 Å². The van der Waals surface area contributed by atoms with Gasteiger partial charge in [0.05, 0.1) is 6.26 Å². The number of anilines is 1. The number of hydrogen-bond donors (Lipinski definition) is 1. The molecule has 1 N–H and O–H groups in total. The van der Waals surface area contributed by atoms with Gasteiger partial charge in [-0.15, -0.1) is 0 Å². The Bertz CT molecular complexity index is 675. The maximum absolute atomic E-state index is 12.0. The molecule has 0 aliphatic heterocycles. The Morgan fingerprint density at radius 3 is 2.52 bits per heavy atom. The molecule has 1 amide bonds. The van der Waals surface area contributed by atoms with E-state index in [-0.39, 0.29) is 5.57 Å². The van der Waals surface area contributed by atoms with Gasteiger partial charge in [0.1, 0.15) is 17.4 Å². The number of rotatable bonds is 4. The first kappa shape index (κ1) is 14.6. The summed E-state index contributed by atoms with van der Waals surface area (Å²) >= 11 is 0. The van der Waals surface area contributed by atoms with Gasteiger partial charge in [0.15, 0.2) is 0 Å². The Labute approximate surface area is 123 Å². The summed E-state index contributed by atoms with van der Waals surface area (Å²) < 4.78 is 5.10. The molecule has 1 heterocycles. The molecular formula is C17H16N2O2. The minimum Gasteiger partial charge on any atom is -0.465 e. The quantitative estimate of drug-likeness (QED) is 0.681. The van der Waals surface area contributed by atoms with Crippen molar-refractivity contribution in [2.75, 3.05) is 5.32 Å². The fraction of sp³-hybridized carbons (Fsp3) is 0.176. The lowest BCUT2D eigenvalue weighted by atomic mass is 10.0. The van der Waals surface area contributed by atoms with Crippen molar-refractivity contribution < 1.29 is 9.21 Å². The van der Waals surface area contributed by atoms with Gasteiger partial charge in [-0.1, -0.05) is 26.0 Å². The van der Waals surface area contributed by atoms with Crippen LogP contribution in [0, 0.1) is 11.3 Å². The Hall–Kier alpha value is -2.80. The molecule has 0 atom stereocenters. The van der Waals surface area contributed by atoms with Crippen molar-refractivity contribution >= 4 is 17.7 Å². The summed E-state index contributed by atoms with van der Waals surface area (Å²) in [6.07, 6.45) is 2.90. The standard InChI is InChI=1S/C17H16N2O2/c1-12(2)13-5-7-15(8-6-13)19-17(20)14(11-18)10-16-4-3-9-21-16/h3-10,12H,1-2H3,(H,19,20). The van der Waals surface area contributed by atoms with Crippen LogP contribution in [0.1, 0.15) is 31.1 Å². The normalized spacial score (nSPS) is 11.2. The second-order valence-electron chi connectivity index (χ2n) is 4.92. The summed E-state index contributed by atoms with van der Waals surface area (Å²) in [5.41, 5.74) is 1.85. The minimum absolute atomic E-state index is 0.00196. The van der Waals surface area contributed by atoms with E-state index in [1.165, 1.54) is 17.9 Å². The van der Waals surface area contributed by atoms with Gasteiger partial charge in [0.25, 0.3) is 5.91 Å². The number of nitrogens with zero attached hydrogens (tertiary/aromatic N) is 1. The highest BCUT2D eigenvalue weighted by atomic mass is 16.3. The van der Waals surface area contributed by atoms with Crippen LogP contribution < -0.4 is 5.32 Å². The van der Waals surface area contributed by atoms with Crippen LogP contribution in [0.3, 0.4) is 0 Å². The topological polar surface area (TPSA) is 66.0 Å². The lowest BCUT2D eigenvalue weighted by Gasteiger charge is -2.08. The lowest BCUT2D eigenvalue weighted by molar-refractivity contribution is -0.112. The van der Waals surface area contributed by atoms with Gasteiger partial charge in [0, 0.05) is 11.8 Å². The van der Waals surface area contributed by atoms with Crippen molar-refractivity contribution in [3.63, 3.8) is 0 Å². The van der Waals surface area contributed by atoms with Crippen LogP contribution in [0.5, 0.6) is 0 Å². The average Bonchev–Trinajstić information content (AvgIpc) is 2.98. The molecule has 1 aromatic heterocycles. The third-order valence-corrected chi connectivity index (χ3v) is 3.03. The van der Waals surface area contributed by atoms with Crippen molar-refractivity contribution in [3.05, 3.63) is 59.6 Å². The zero-order chi connectivity index (χ0) is 15.2. The fourth-order valence-electron chi connectivity index (χ4n) is 1.81. The molecule has 1 aromatic carbocycles. The summed E-state index contributed by atoms with van der Waals surface area (Å²) in [4.78, 5) is 12.0. The Morgan fingerprint density at radius 2 is 2.00 bits per heavy atom. The highest BCUT2D eigenvalue weighted by Crippen LogP contribution is 2.18. The fourth-order valence-corrected chi connectivity index (χ4v) is 1.81. The SMILES string of the molecule is CC(C)c1ccc(NC(=O)C(C#N)=Cc2ccco2)cc1. The zero-order valence-electron chi connectivity index (χ0n) is 12.0. The summed E-state index contributed by atoms with van der Waals surface area (Å²) in [7, 11) is 0. The van der Waals surface area contributed by atoms with E-state index in [2.05, 4.69) is 19.2 Å². The van der Waals surface area contributed by atoms with E-state index in [0.717, 1.165) is 0 Å². The maximum Gasteiger partial charge on any atom is 0.266 e. The van der Waals surface area contributed by atoms with Crippen molar-refractivity contribution in [2.24, 2.45) is 0 Å². The van der Waals surface area contributed by atoms with E-state index >= 15 is 0 Å². The zero-order valence-corrected chi connectivity index (χ0v) is 12.0. The third kappa shape index (κ3) is 3.83. The van der Waals surface area contributed by atoms with Crippen molar-refractivity contribution in [1.29, 1.82) is 5.26 Å². The van der Waals surface area contributed by atoms with Crippen molar-refractivity contribution in [1.82, 2.24) is 0 Å². The first-order valence-corrected chi connectivity index (χ1v) is 6.66. The van der Waals surface area contributed by atoms with Gasteiger partial charge in [-0.3, -0.25) is 4.79 Å². The Balaban J connectivity index is 2.11. The van der Waals surface area contributed by atoms with Gasteiger partial charge in [-0.25, -0.2) is 0 Å². The van der Waals surface area contributed by atoms with Gasteiger partial charge >= 0.3 is 0 Å². The van der Waals surface area contributed by atoms with Gasteiger partial charge in [-0.05, 0) is 35.7 Å². The average molecular weight is 280 g/mol. The lowest BCUT2D eigenvalue weighted by Crippen LogP contribution is -2.13. The predicted octanol–water partition coefficient (Wildman–Crippen LogP) is 3.95. The molecule has 0 aliphatic rings. The van der Waals surface area contributed by atoms with Crippen molar-refractivity contribution in [3.8, 4) is 6.07 Å². The van der Waals surface area contributed by atoms with E-state index in [4.69, 9.17) is 9.68 Å². The Kier molecular flexibility index (Phi) is 4.57. The van der Waals surface area contributed by atoms with Crippen LogP contribution in [0.4, 0.5) is 5.69 Å². The third-order valence-electron chi connectivity index (χ3n) is 3.03. The molecule has 106 valence electrons. The molecule has 2 rings (SSSR count). The highest BCUT2D eigenvalue weighted by molar-refractivity contribution is 6.09. The van der Waals surface area contributed by atoms with Gasteiger partial charge in [0.2, 0.25) is 0 Å². The van der Waals surface area contributed by atoms with Crippen LogP contribution in [-0.4, -0.2) is 5.91 Å². The predicted molar refractivity (Wildman–Crippen MR) is 81.5 cm³/mol. The summed E-state index contributed by atoms with van der Waals surface area (Å²) in [5.74, 6) is 0.450. The molecule has 0 saturated heterocycles. The molecule has 4 heteroatoms. The highest BCUT2D eigenvalue weighted by Gasteiger charge is 2.10. The molecule has 0 saturated carbocycles. The molecule has 2 aromatic rings. The summed E-state index contributed by atoms with van der Waals surface area (Å²) in [6, 6.07) is 12.8. The molecule has 0 bridgehead atoms. The molecule has 21 heavy (non-hydrogen) atoms. The van der Waals surface area contributed by atoms with Crippen LogP contribution >= 0.6 is 0 Å². The molecule has 0 unspecified atom stereocenters. The maximum atomic E-state index is 12.0. The molecule has 0 radical (unpaired) electrons.